The molecule has 7 heteroatoms. The Kier molecular flexibility index (Phi) is 4.90. The van der Waals surface area contributed by atoms with Gasteiger partial charge in [-0.2, -0.15) is 5.10 Å². The molecule has 0 fully saturated rings. The van der Waals surface area contributed by atoms with E-state index < -0.39 is 0 Å². The van der Waals surface area contributed by atoms with Gasteiger partial charge >= 0.3 is 0 Å². The highest BCUT2D eigenvalue weighted by molar-refractivity contribution is 7.80. The van der Waals surface area contributed by atoms with Gasteiger partial charge in [0.25, 0.3) is 0 Å². The van der Waals surface area contributed by atoms with Gasteiger partial charge < -0.3 is 14.8 Å². The van der Waals surface area contributed by atoms with Crippen LogP contribution in [0.15, 0.2) is 47.6 Å². The fraction of sp³-hybridized carbons (Fsp3) is 0.176. The van der Waals surface area contributed by atoms with Crippen LogP contribution in [0, 0.1) is 5.82 Å². The summed E-state index contributed by atoms with van der Waals surface area (Å²) in [4.78, 5) is 0. The number of nitrogens with zero attached hydrogens (tertiary/aromatic N) is 1. The highest BCUT2D eigenvalue weighted by Crippen LogP contribution is 2.30. The molecule has 0 aliphatic carbocycles. The summed E-state index contributed by atoms with van der Waals surface area (Å²) in [5.74, 6) is 1.14. The van der Waals surface area contributed by atoms with Gasteiger partial charge in [-0.05, 0) is 61.6 Å². The van der Waals surface area contributed by atoms with Crippen molar-refractivity contribution >= 4 is 28.7 Å². The minimum Gasteiger partial charge on any atom is -0.486 e. The molecule has 0 unspecified atom stereocenters. The lowest BCUT2D eigenvalue weighted by atomic mass is 10.1. The maximum atomic E-state index is 12.9. The molecular formula is C17H16FN3O2S. The molecule has 5 nitrogen and oxygen atoms in total. The summed E-state index contributed by atoms with van der Waals surface area (Å²) in [6.07, 6.45) is 0. The van der Waals surface area contributed by atoms with E-state index in [4.69, 9.17) is 21.7 Å². The summed E-state index contributed by atoms with van der Waals surface area (Å²) >= 11 is 5.17. The topological polar surface area (TPSA) is 54.9 Å². The second kappa shape index (κ2) is 7.27. The van der Waals surface area contributed by atoms with Crippen LogP contribution < -0.4 is 20.2 Å². The molecule has 1 aliphatic rings. The predicted molar refractivity (Wildman–Crippen MR) is 95.4 cm³/mol. The van der Waals surface area contributed by atoms with Crippen LogP contribution in [0.1, 0.15) is 12.5 Å². The Labute approximate surface area is 144 Å². The second-order valence-electron chi connectivity index (χ2n) is 5.13. The standard InChI is InChI=1S/C17H16FN3O2S/c1-11(12-2-7-15-16(10-12)23-9-8-22-15)20-21-17(24)19-14-5-3-13(18)4-6-14/h2-7,10H,8-9H2,1H3,(H2,19,21,24)/b20-11-. The molecule has 24 heavy (non-hydrogen) atoms. The van der Waals surface area contributed by atoms with E-state index in [9.17, 15) is 4.39 Å². The average Bonchev–Trinajstić information content (AvgIpc) is 2.61. The van der Waals surface area contributed by atoms with E-state index in [1.165, 1.54) is 12.1 Å². The van der Waals surface area contributed by atoms with E-state index in [1.807, 2.05) is 25.1 Å². The van der Waals surface area contributed by atoms with E-state index >= 15 is 0 Å². The highest BCUT2D eigenvalue weighted by atomic mass is 32.1. The number of fused-ring (bicyclic) bond motifs is 1. The van der Waals surface area contributed by atoms with Gasteiger partial charge in [0, 0.05) is 11.3 Å². The van der Waals surface area contributed by atoms with Crippen LogP contribution in [0.25, 0.3) is 0 Å². The van der Waals surface area contributed by atoms with E-state index in [0.29, 0.717) is 29.8 Å². The zero-order chi connectivity index (χ0) is 16.9. The van der Waals surface area contributed by atoms with Crippen molar-refractivity contribution in [2.24, 2.45) is 5.10 Å². The smallest absolute Gasteiger partial charge is 0.191 e. The molecular weight excluding hydrogens is 329 g/mol. The van der Waals surface area contributed by atoms with Crippen molar-refractivity contribution in [1.82, 2.24) is 5.43 Å². The lowest BCUT2D eigenvalue weighted by Gasteiger charge is -2.18. The third kappa shape index (κ3) is 3.99. The molecule has 0 bridgehead atoms. The monoisotopic (exact) mass is 345 g/mol. The molecule has 0 atom stereocenters. The summed E-state index contributed by atoms with van der Waals surface area (Å²) in [6, 6.07) is 11.6. The Morgan fingerprint density at radius 1 is 1.08 bits per heavy atom. The Morgan fingerprint density at radius 2 is 1.79 bits per heavy atom. The maximum absolute atomic E-state index is 12.9. The molecule has 2 aromatic rings. The van der Waals surface area contributed by atoms with Crippen molar-refractivity contribution in [3.63, 3.8) is 0 Å². The Bertz CT molecular complexity index is 778. The average molecular weight is 345 g/mol. The van der Waals surface area contributed by atoms with Gasteiger partial charge in [0.1, 0.15) is 19.0 Å². The van der Waals surface area contributed by atoms with E-state index in [2.05, 4.69) is 15.8 Å². The molecule has 0 spiro atoms. The second-order valence-corrected chi connectivity index (χ2v) is 5.54. The van der Waals surface area contributed by atoms with Crippen molar-refractivity contribution < 1.29 is 13.9 Å². The van der Waals surface area contributed by atoms with E-state index in [0.717, 1.165) is 17.0 Å². The van der Waals surface area contributed by atoms with Crippen LogP contribution in [0.3, 0.4) is 0 Å². The van der Waals surface area contributed by atoms with Crippen molar-refractivity contribution in [1.29, 1.82) is 0 Å². The fourth-order valence-electron chi connectivity index (χ4n) is 2.16. The minimum absolute atomic E-state index is 0.299. The molecule has 0 saturated heterocycles. The van der Waals surface area contributed by atoms with Crippen molar-refractivity contribution in [3.8, 4) is 11.5 Å². The van der Waals surface area contributed by atoms with Crippen LogP contribution in [0.4, 0.5) is 10.1 Å². The maximum Gasteiger partial charge on any atom is 0.191 e. The minimum atomic E-state index is -0.299. The molecule has 2 N–H and O–H groups in total. The number of hydrogen-bond donors (Lipinski definition) is 2. The largest absolute Gasteiger partial charge is 0.486 e. The van der Waals surface area contributed by atoms with E-state index in [1.54, 1.807) is 12.1 Å². The molecule has 1 aliphatic heterocycles. The van der Waals surface area contributed by atoms with Crippen LogP contribution >= 0.6 is 12.2 Å². The lowest BCUT2D eigenvalue weighted by molar-refractivity contribution is 0.171. The third-order valence-corrected chi connectivity index (χ3v) is 3.58. The Morgan fingerprint density at radius 3 is 2.54 bits per heavy atom. The molecule has 1 heterocycles. The number of ether oxygens (including phenoxy) is 2. The number of halogens is 1. The molecule has 0 radical (unpaired) electrons. The first-order chi connectivity index (χ1) is 11.6. The number of hydrazone groups is 1. The number of nitrogens with one attached hydrogen (secondary N) is 2. The molecule has 0 aromatic heterocycles. The normalized spacial score (nSPS) is 13.3. The first-order valence-electron chi connectivity index (χ1n) is 7.39. The third-order valence-electron chi connectivity index (χ3n) is 3.39. The molecule has 124 valence electrons. The van der Waals surface area contributed by atoms with Crippen LogP contribution in [0.5, 0.6) is 11.5 Å². The van der Waals surface area contributed by atoms with Gasteiger partial charge in [-0.3, -0.25) is 5.43 Å². The van der Waals surface area contributed by atoms with Gasteiger partial charge in [0.15, 0.2) is 16.6 Å². The predicted octanol–water partition coefficient (Wildman–Crippen LogP) is 3.31. The summed E-state index contributed by atoms with van der Waals surface area (Å²) in [6.45, 7) is 2.96. The van der Waals surface area contributed by atoms with Crippen LogP contribution in [-0.2, 0) is 0 Å². The fourth-order valence-corrected chi connectivity index (χ4v) is 2.32. The van der Waals surface area contributed by atoms with Gasteiger partial charge in [-0.1, -0.05) is 0 Å². The number of rotatable bonds is 3. The highest BCUT2D eigenvalue weighted by Gasteiger charge is 2.12. The Balaban J connectivity index is 1.63. The molecule has 0 amide bonds. The Hall–Kier alpha value is -2.67. The quantitative estimate of drug-likeness (QED) is 0.508. The summed E-state index contributed by atoms with van der Waals surface area (Å²) in [5, 5.41) is 7.50. The van der Waals surface area contributed by atoms with Crippen molar-refractivity contribution in [3.05, 3.63) is 53.8 Å². The number of anilines is 1. The first kappa shape index (κ1) is 16.2. The molecule has 0 saturated carbocycles. The van der Waals surface area contributed by atoms with Gasteiger partial charge in [-0.15, -0.1) is 0 Å². The number of thiocarbonyl (C=S) groups is 1. The van der Waals surface area contributed by atoms with Crippen molar-refractivity contribution in [2.45, 2.75) is 6.92 Å². The summed E-state index contributed by atoms with van der Waals surface area (Å²) in [5.41, 5.74) is 5.09. The van der Waals surface area contributed by atoms with Gasteiger partial charge in [-0.25, -0.2) is 4.39 Å². The first-order valence-corrected chi connectivity index (χ1v) is 7.79. The van der Waals surface area contributed by atoms with Crippen LogP contribution in [0.2, 0.25) is 0 Å². The van der Waals surface area contributed by atoms with Crippen LogP contribution in [-0.4, -0.2) is 24.0 Å². The number of hydrogen-bond acceptors (Lipinski definition) is 4. The van der Waals surface area contributed by atoms with Gasteiger partial charge in [0.05, 0.1) is 5.71 Å². The van der Waals surface area contributed by atoms with E-state index in [-0.39, 0.29) is 5.82 Å². The summed E-state index contributed by atoms with van der Waals surface area (Å²) < 4.78 is 23.9. The molecule has 2 aromatic carbocycles. The zero-order valence-electron chi connectivity index (χ0n) is 13.0. The number of benzene rings is 2. The lowest BCUT2D eigenvalue weighted by Crippen LogP contribution is -2.25. The van der Waals surface area contributed by atoms with Gasteiger partial charge in [0.2, 0.25) is 0 Å². The summed E-state index contributed by atoms with van der Waals surface area (Å²) in [7, 11) is 0. The SMILES string of the molecule is C/C(=N/NC(=S)Nc1ccc(F)cc1)c1ccc2c(c1)OCCO2. The zero-order valence-corrected chi connectivity index (χ0v) is 13.8. The molecule has 3 rings (SSSR count). The van der Waals surface area contributed by atoms with Crippen molar-refractivity contribution in [2.75, 3.05) is 18.5 Å².